The normalized spacial score (nSPS) is 33.0. The van der Waals surface area contributed by atoms with Gasteiger partial charge in [-0.3, -0.25) is 0 Å². The molecule has 45 valence electrons. The quantitative estimate of drug-likeness (QED) is 0.460. The van der Waals surface area contributed by atoms with E-state index in [1.54, 1.807) is 6.61 Å². The minimum Gasteiger partial charge on any atom is -0.345 e. The Morgan fingerprint density at radius 3 is 2.62 bits per heavy atom. The van der Waals surface area contributed by atoms with Crippen LogP contribution in [0.1, 0.15) is 0 Å². The molecule has 0 amide bonds. The van der Waals surface area contributed by atoms with Crippen LogP contribution in [-0.2, 0) is 9.47 Å². The summed E-state index contributed by atoms with van der Waals surface area (Å²) in [6, 6.07) is 0. The first kappa shape index (κ1) is 4.73. The lowest BCUT2D eigenvalue weighted by atomic mass is 10.2. The highest BCUT2D eigenvalue weighted by Gasteiger charge is 2.42. The first-order valence-corrected chi connectivity index (χ1v) is 2.76. The van der Waals surface area contributed by atoms with Gasteiger partial charge in [-0.05, 0) is 0 Å². The van der Waals surface area contributed by atoms with Crippen LogP contribution in [-0.4, -0.2) is 25.5 Å². The first-order valence-electron chi connectivity index (χ1n) is 2.76. The average molecular weight is 114 g/mol. The van der Waals surface area contributed by atoms with E-state index in [1.165, 1.54) is 0 Å². The summed E-state index contributed by atoms with van der Waals surface area (Å²) in [4.78, 5) is 0. The van der Waals surface area contributed by atoms with Crippen LogP contribution in [0.15, 0.2) is 0 Å². The van der Waals surface area contributed by atoms with Crippen molar-refractivity contribution >= 4 is 0 Å². The van der Waals surface area contributed by atoms with E-state index in [4.69, 9.17) is 9.47 Å². The third-order valence-corrected chi connectivity index (χ3v) is 1.50. The molecule has 2 aliphatic heterocycles. The number of rotatable bonds is 0. The van der Waals surface area contributed by atoms with E-state index in [9.17, 15) is 0 Å². The Bertz CT molecular complexity index is 92.6. The largest absolute Gasteiger partial charge is 0.345 e. The van der Waals surface area contributed by atoms with Gasteiger partial charge >= 0.3 is 0 Å². The summed E-state index contributed by atoms with van der Waals surface area (Å²) in [6.45, 7) is 4.02. The van der Waals surface area contributed by atoms with Crippen molar-refractivity contribution in [2.24, 2.45) is 0 Å². The van der Waals surface area contributed by atoms with Crippen LogP contribution < -0.4 is 5.32 Å². The van der Waals surface area contributed by atoms with Gasteiger partial charge in [0, 0.05) is 0 Å². The lowest BCUT2D eigenvalue weighted by Gasteiger charge is -2.36. The minimum absolute atomic E-state index is 0.250. The predicted octanol–water partition coefficient (Wildman–Crippen LogP) is -0.506. The van der Waals surface area contributed by atoms with Gasteiger partial charge in [-0.2, -0.15) is 0 Å². The Kier molecular flexibility index (Phi) is 0.848. The number of hydrogen-bond acceptors (Lipinski definition) is 3. The maximum absolute atomic E-state index is 5.24. The zero-order valence-electron chi connectivity index (χ0n) is 4.52. The van der Waals surface area contributed by atoms with Gasteiger partial charge < -0.3 is 14.8 Å². The molecule has 0 bridgehead atoms. The van der Waals surface area contributed by atoms with Crippen molar-refractivity contribution in [1.29, 1.82) is 0 Å². The molecule has 1 N–H and O–H groups in total. The second-order valence-electron chi connectivity index (χ2n) is 2.11. The molecule has 0 saturated carbocycles. The van der Waals surface area contributed by atoms with Crippen LogP contribution in [0.25, 0.3) is 0 Å². The highest BCUT2D eigenvalue weighted by molar-refractivity contribution is 4.90. The fourth-order valence-corrected chi connectivity index (χ4v) is 0.920. The summed E-state index contributed by atoms with van der Waals surface area (Å²) < 4.78 is 10.4. The molecule has 2 saturated heterocycles. The third-order valence-electron chi connectivity index (χ3n) is 1.50. The number of nitrogens with one attached hydrogen (secondary N) is 1. The van der Waals surface area contributed by atoms with Crippen molar-refractivity contribution in [1.82, 2.24) is 5.32 Å². The van der Waals surface area contributed by atoms with Gasteiger partial charge in [-0.25, -0.2) is 0 Å². The molecule has 8 heavy (non-hydrogen) atoms. The van der Waals surface area contributed by atoms with E-state index in [-0.39, 0.29) is 5.79 Å². The van der Waals surface area contributed by atoms with Crippen LogP contribution in [0.4, 0.5) is 0 Å². The molecule has 1 radical (unpaired) electrons. The van der Waals surface area contributed by atoms with Crippen LogP contribution in [0.3, 0.4) is 0 Å². The second kappa shape index (κ2) is 1.43. The van der Waals surface area contributed by atoms with Crippen LogP contribution in [0.2, 0.25) is 0 Å². The molecule has 2 fully saturated rings. The Labute approximate surface area is 48.0 Å². The van der Waals surface area contributed by atoms with Gasteiger partial charge in [0.1, 0.15) is 6.61 Å². The lowest BCUT2D eigenvalue weighted by Crippen LogP contribution is -2.60. The molecule has 2 rings (SSSR count). The smallest absolute Gasteiger partial charge is 0.194 e. The van der Waals surface area contributed by atoms with Crippen LogP contribution >= 0.6 is 0 Å². The molecular weight excluding hydrogens is 106 g/mol. The highest BCUT2D eigenvalue weighted by Crippen LogP contribution is 2.24. The van der Waals surface area contributed by atoms with E-state index < -0.39 is 0 Å². The monoisotopic (exact) mass is 114 g/mol. The molecule has 0 atom stereocenters. The maximum Gasteiger partial charge on any atom is 0.194 e. The molecule has 0 aromatic rings. The zero-order chi connectivity index (χ0) is 5.45. The fraction of sp³-hybridized carbons (Fsp3) is 0.800. The number of hydrogen-bond donors (Lipinski definition) is 1. The Morgan fingerprint density at radius 1 is 1.50 bits per heavy atom. The Morgan fingerprint density at radius 2 is 2.38 bits per heavy atom. The lowest BCUT2D eigenvalue weighted by molar-refractivity contribution is -0.180. The summed E-state index contributed by atoms with van der Waals surface area (Å²) in [5.74, 6) is -0.250. The molecule has 1 spiro atoms. The van der Waals surface area contributed by atoms with Gasteiger partial charge in [0.05, 0.1) is 19.7 Å². The molecule has 3 nitrogen and oxygen atoms in total. The van der Waals surface area contributed by atoms with Gasteiger partial charge in [0.25, 0.3) is 0 Å². The van der Waals surface area contributed by atoms with Gasteiger partial charge in [0.2, 0.25) is 0 Å². The standard InChI is InChI=1S/C5H8NO2/c1-2-8-5(7-1)3-6-4-5/h1,6H,2-4H2. The van der Waals surface area contributed by atoms with Crippen LogP contribution in [0, 0.1) is 6.61 Å². The van der Waals surface area contributed by atoms with Gasteiger partial charge in [-0.1, -0.05) is 0 Å². The van der Waals surface area contributed by atoms with Gasteiger partial charge in [-0.15, -0.1) is 0 Å². The van der Waals surface area contributed by atoms with Gasteiger partial charge in [0.15, 0.2) is 5.79 Å². The zero-order valence-corrected chi connectivity index (χ0v) is 4.52. The summed E-state index contributed by atoms with van der Waals surface area (Å²) in [5, 5.41) is 3.07. The molecule has 2 aliphatic rings. The van der Waals surface area contributed by atoms with Crippen molar-refractivity contribution in [3.63, 3.8) is 0 Å². The van der Waals surface area contributed by atoms with Crippen molar-refractivity contribution < 1.29 is 9.47 Å². The molecule has 3 heteroatoms. The average Bonchev–Trinajstić information content (AvgIpc) is 2.07. The SMILES string of the molecule is [CH]1COC2(CNC2)O1. The molecule has 0 aromatic heterocycles. The molecular formula is C5H8NO2. The van der Waals surface area contributed by atoms with E-state index in [0.717, 1.165) is 13.1 Å². The van der Waals surface area contributed by atoms with Crippen molar-refractivity contribution in [3.05, 3.63) is 6.61 Å². The summed E-state index contributed by atoms with van der Waals surface area (Å²) in [7, 11) is 0. The Hall–Kier alpha value is -0.120. The summed E-state index contributed by atoms with van der Waals surface area (Å²) >= 11 is 0. The maximum atomic E-state index is 5.24. The molecule has 0 aliphatic carbocycles. The van der Waals surface area contributed by atoms with E-state index in [2.05, 4.69) is 5.32 Å². The van der Waals surface area contributed by atoms with Crippen molar-refractivity contribution in [3.8, 4) is 0 Å². The first-order chi connectivity index (χ1) is 3.91. The van der Waals surface area contributed by atoms with Crippen molar-refractivity contribution in [2.75, 3.05) is 19.7 Å². The van der Waals surface area contributed by atoms with Crippen molar-refractivity contribution in [2.45, 2.75) is 5.79 Å². The topological polar surface area (TPSA) is 30.5 Å². The van der Waals surface area contributed by atoms with Crippen LogP contribution in [0.5, 0.6) is 0 Å². The minimum atomic E-state index is -0.250. The predicted molar refractivity (Wildman–Crippen MR) is 26.9 cm³/mol. The van der Waals surface area contributed by atoms with E-state index in [1.807, 2.05) is 0 Å². The molecule has 0 aromatic carbocycles. The number of ether oxygens (including phenoxy) is 2. The molecule has 2 heterocycles. The Balaban J connectivity index is 2.01. The second-order valence-corrected chi connectivity index (χ2v) is 2.11. The van der Waals surface area contributed by atoms with E-state index in [0.29, 0.717) is 6.61 Å². The summed E-state index contributed by atoms with van der Waals surface area (Å²) in [5.41, 5.74) is 0. The molecule has 0 unspecified atom stereocenters. The fourth-order valence-electron chi connectivity index (χ4n) is 0.920. The summed E-state index contributed by atoms with van der Waals surface area (Å²) in [6.07, 6.45) is 0. The third kappa shape index (κ3) is 0.491. The highest BCUT2D eigenvalue weighted by atomic mass is 16.7. The van der Waals surface area contributed by atoms with E-state index >= 15 is 0 Å².